The number of rotatable bonds is 4. The Labute approximate surface area is 137 Å². The molecule has 0 bridgehead atoms. The van der Waals surface area contributed by atoms with Crippen LogP contribution in [0.1, 0.15) is 10.4 Å². The van der Waals surface area contributed by atoms with Gasteiger partial charge in [-0.2, -0.15) is 0 Å². The summed E-state index contributed by atoms with van der Waals surface area (Å²) >= 11 is 5.85. The lowest BCUT2D eigenvalue weighted by Gasteiger charge is -2.13. The minimum absolute atomic E-state index is 0.0207. The highest BCUT2D eigenvalue weighted by molar-refractivity contribution is 6.30. The van der Waals surface area contributed by atoms with E-state index in [9.17, 15) is 9.90 Å². The standard InChI is InChI=1S/C17H12ClN3O2/c18-12-3-5-13(6-4-12)20-16-14(17(22)23)7-8-15(21-16)11-2-1-9-19-10-11/h1-10H,(H,20,21)(H,22,23)/p-1. The van der Waals surface area contributed by atoms with Gasteiger partial charge in [0.15, 0.2) is 0 Å². The molecule has 0 atom stereocenters. The van der Waals surface area contributed by atoms with Gasteiger partial charge in [0.25, 0.3) is 0 Å². The molecule has 0 radical (unpaired) electrons. The molecule has 0 spiro atoms. The number of carboxylic acids is 1. The van der Waals surface area contributed by atoms with Gasteiger partial charge in [-0.1, -0.05) is 11.6 Å². The highest BCUT2D eigenvalue weighted by atomic mass is 35.5. The summed E-state index contributed by atoms with van der Waals surface area (Å²) in [5.41, 5.74) is 2.05. The van der Waals surface area contributed by atoms with Crippen molar-refractivity contribution in [3.8, 4) is 11.3 Å². The second-order valence-corrected chi connectivity index (χ2v) is 5.19. The van der Waals surface area contributed by atoms with Crippen LogP contribution in [0.15, 0.2) is 60.9 Å². The molecule has 0 saturated carbocycles. The van der Waals surface area contributed by atoms with E-state index in [1.165, 1.54) is 6.07 Å². The smallest absolute Gasteiger partial charge is 0.140 e. The number of hydrogen-bond acceptors (Lipinski definition) is 5. The van der Waals surface area contributed by atoms with E-state index >= 15 is 0 Å². The number of hydrogen-bond donors (Lipinski definition) is 1. The van der Waals surface area contributed by atoms with Crippen molar-refractivity contribution in [2.75, 3.05) is 5.32 Å². The maximum absolute atomic E-state index is 11.3. The van der Waals surface area contributed by atoms with Crippen molar-refractivity contribution in [3.63, 3.8) is 0 Å². The zero-order valence-electron chi connectivity index (χ0n) is 11.9. The van der Waals surface area contributed by atoms with E-state index in [-0.39, 0.29) is 11.4 Å². The minimum atomic E-state index is -1.30. The van der Waals surface area contributed by atoms with E-state index in [0.29, 0.717) is 16.4 Å². The third-order valence-electron chi connectivity index (χ3n) is 3.18. The molecule has 6 heteroatoms. The molecule has 3 rings (SSSR count). The van der Waals surface area contributed by atoms with Crippen molar-refractivity contribution >= 4 is 29.1 Å². The summed E-state index contributed by atoms with van der Waals surface area (Å²) in [6, 6.07) is 13.6. The van der Waals surface area contributed by atoms with Gasteiger partial charge in [0.2, 0.25) is 0 Å². The lowest BCUT2D eigenvalue weighted by Crippen LogP contribution is -2.23. The zero-order chi connectivity index (χ0) is 16.2. The molecule has 114 valence electrons. The molecule has 5 nitrogen and oxygen atoms in total. The fraction of sp³-hybridized carbons (Fsp3) is 0. The molecule has 2 heterocycles. The Morgan fingerprint density at radius 3 is 2.52 bits per heavy atom. The predicted molar refractivity (Wildman–Crippen MR) is 86.5 cm³/mol. The quantitative estimate of drug-likeness (QED) is 0.798. The molecule has 0 unspecified atom stereocenters. The normalized spacial score (nSPS) is 10.3. The first-order valence-corrected chi connectivity index (χ1v) is 7.16. The summed E-state index contributed by atoms with van der Waals surface area (Å²) in [6.45, 7) is 0. The van der Waals surface area contributed by atoms with E-state index in [1.54, 1.807) is 48.8 Å². The van der Waals surface area contributed by atoms with Crippen LogP contribution in [0.25, 0.3) is 11.3 Å². The average molecular weight is 325 g/mol. The maximum atomic E-state index is 11.3. The van der Waals surface area contributed by atoms with E-state index in [1.807, 2.05) is 6.07 Å². The predicted octanol–water partition coefficient (Wildman–Crippen LogP) is 2.90. The van der Waals surface area contributed by atoms with Gasteiger partial charge in [0, 0.05) is 34.2 Å². The fourth-order valence-electron chi connectivity index (χ4n) is 2.06. The molecule has 23 heavy (non-hydrogen) atoms. The molecule has 3 aromatic rings. The van der Waals surface area contributed by atoms with Crippen molar-refractivity contribution in [1.29, 1.82) is 0 Å². The van der Waals surface area contributed by atoms with Crippen LogP contribution in [0.5, 0.6) is 0 Å². The Balaban J connectivity index is 2.01. The Kier molecular flexibility index (Phi) is 4.21. The van der Waals surface area contributed by atoms with Gasteiger partial charge < -0.3 is 15.2 Å². The summed E-state index contributed by atoms with van der Waals surface area (Å²) < 4.78 is 0. The molecule has 0 aliphatic heterocycles. The first kappa shape index (κ1) is 15.0. The number of carboxylic acid groups (broad SMARTS) is 1. The Morgan fingerprint density at radius 1 is 1.09 bits per heavy atom. The number of aromatic nitrogens is 2. The molecular formula is C17H11ClN3O2-. The second kappa shape index (κ2) is 6.46. The van der Waals surface area contributed by atoms with Crippen LogP contribution < -0.4 is 10.4 Å². The second-order valence-electron chi connectivity index (χ2n) is 4.75. The zero-order valence-corrected chi connectivity index (χ0v) is 12.6. The van der Waals surface area contributed by atoms with Gasteiger partial charge in [0.05, 0.1) is 11.7 Å². The van der Waals surface area contributed by atoms with Crippen LogP contribution in [-0.4, -0.2) is 15.9 Å². The summed E-state index contributed by atoms with van der Waals surface area (Å²) in [5.74, 6) is -1.10. The lowest BCUT2D eigenvalue weighted by molar-refractivity contribution is -0.254. The number of benzene rings is 1. The third-order valence-corrected chi connectivity index (χ3v) is 3.43. The van der Waals surface area contributed by atoms with Crippen LogP contribution in [0.4, 0.5) is 11.5 Å². The van der Waals surface area contributed by atoms with E-state index in [4.69, 9.17) is 11.6 Å². The summed E-state index contributed by atoms with van der Waals surface area (Å²) in [7, 11) is 0. The topological polar surface area (TPSA) is 77.9 Å². The van der Waals surface area contributed by atoms with Crippen molar-refractivity contribution in [2.45, 2.75) is 0 Å². The number of carbonyl (C=O) groups is 1. The number of halogens is 1. The Bertz CT molecular complexity index is 836. The lowest BCUT2D eigenvalue weighted by atomic mass is 10.1. The van der Waals surface area contributed by atoms with Crippen LogP contribution >= 0.6 is 11.6 Å². The number of nitrogens with one attached hydrogen (secondary N) is 1. The molecule has 0 fully saturated rings. The van der Waals surface area contributed by atoms with Crippen molar-refractivity contribution in [3.05, 3.63) is 71.5 Å². The van der Waals surface area contributed by atoms with Crippen molar-refractivity contribution in [2.24, 2.45) is 0 Å². The summed E-state index contributed by atoms with van der Waals surface area (Å²) in [5, 5.41) is 14.9. The van der Waals surface area contributed by atoms with Gasteiger partial charge in [-0.05, 0) is 48.5 Å². The van der Waals surface area contributed by atoms with Gasteiger partial charge in [-0.3, -0.25) is 4.98 Å². The first-order valence-electron chi connectivity index (χ1n) is 6.79. The van der Waals surface area contributed by atoms with E-state index in [0.717, 1.165) is 5.56 Å². The van der Waals surface area contributed by atoms with Gasteiger partial charge in [-0.25, -0.2) is 4.98 Å². The van der Waals surface area contributed by atoms with E-state index < -0.39 is 5.97 Å². The molecule has 1 N–H and O–H groups in total. The van der Waals surface area contributed by atoms with Gasteiger partial charge in [0.1, 0.15) is 5.82 Å². The van der Waals surface area contributed by atoms with Crippen molar-refractivity contribution in [1.82, 2.24) is 9.97 Å². The van der Waals surface area contributed by atoms with Crippen LogP contribution in [0.2, 0.25) is 5.02 Å². The number of anilines is 2. The highest BCUT2D eigenvalue weighted by Gasteiger charge is 2.09. The largest absolute Gasteiger partial charge is 0.545 e. The van der Waals surface area contributed by atoms with Crippen LogP contribution in [0.3, 0.4) is 0 Å². The highest BCUT2D eigenvalue weighted by Crippen LogP contribution is 2.24. The number of nitrogens with zero attached hydrogens (tertiary/aromatic N) is 2. The summed E-state index contributed by atoms with van der Waals surface area (Å²) in [4.78, 5) is 19.7. The molecule has 0 saturated heterocycles. The Hall–Kier alpha value is -2.92. The minimum Gasteiger partial charge on any atom is -0.545 e. The molecule has 0 aliphatic carbocycles. The molecule has 1 aromatic carbocycles. The first-order chi connectivity index (χ1) is 11.1. The SMILES string of the molecule is O=C([O-])c1ccc(-c2cccnc2)nc1Nc1ccc(Cl)cc1. The molecular weight excluding hydrogens is 314 g/mol. The van der Waals surface area contributed by atoms with Gasteiger partial charge >= 0.3 is 0 Å². The number of aromatic carboxylic acids is 1. The summed E-state index contributed by atoms with van der Waals surface area (Å²) in [6.07, 6.45) is 3.32. The number of pyridine rings is 2. The van der Waals surface area contributed by atoms with Crippen LogP contribution in [-0.2, 0) is 0 Å². The Morgan fingerprint density at radius 2 is 1.87 bits per heavy atom. The molecule has 0 amide bonds. The maximum Gasteiger partial charge on any atom is 0.140 e. The van der Waals surface area contributed by atoms with E-state index in [2.05, 4.69) is 15.3 Å². The van der Waals surface area contributed by atoms with Crippen LogP contribution in [0, 0.1) is 0 Å². The molecule has 2 aromatic heterocycles. The fourth-order valence-corrected chi connectivity index (χ4v) is 2.19. The van der Waals surface area contributed by atoms with Crippen molar-refractivity contribution < 1.29 is 9.90 Å². The molecule has 0 aliphatic rings. The van der Waals surface area contributed by atoms with Gasteiger partial charge in [-0.15, -0.1) is 0 Å². The average Bonchev–Trinajstić information content (AvgIpc) is 2.57. The third kappa shape index (κ3) is 3.46. The monoisotopic (exact) mass is 324 g/mol. The number of carbonyl (C=O) groups excluding carboxylic acids is 1.